The summed E-state index contributed by atoms with van der Waals surface area (Å²) in [6.45, 7) is 2.00. The molecule has 0 spiro atoms. The molecule has 1 rings (SSSR count). The lowest BCUT2D eigenvalue weighted by atomic mass is 10.3. The van der Waals surface area contributed by atoms with Crippen LogP contribution in [0.1, 0.15) is 6.92 Å². The minimum atomic E-state index is -0.535. The summed E-state index contributed by atoms with van der Waals surface area (Å²) >= 11 is 5.80. The first-order valence-electron chi connectivity index (χ1n) is 4.82. The molecule has 0 aliphatic heterocycles. The normalized spacial score (nSPS) is 9.76. The van der Waals surface area contributed by atoms with Crippen molar-refractivity contribution >= 4 is 23.2 Å². The second-order valence-electron chi connectivity index (χ2n) is 3.20. The van der Waals surface area contributed by atoms with Crippen molar-refractivity contribution in [1.82, 2.24) is 5.32 Å². The molecule has 0 aromatic heterocycles. The van der Waals surface area contributed by atoms with Crippen LogP contribution in [0.2, 0.25) is 5.02 Å². The van der Waals surface area contributed by atoms with Gasteiger partial charge in [0.1, 0.15) is 12.4 Å². The Balaban J connectivity index is 2.54. The zero-order valence-corrected chi connectivity index (χ0v) is 9.86. The average Bonchev–Trinajstić information content (AvgIpc) is 2.25. The standard InChI is InChI=1S/C10H11ClN2O4/c1-7(14)12-4-5-17-10-3-2-8(13(15)16)6-9(10)11/h2-3,6H,4-5H2,1H3,(H,12,14). The lowest BCUT2D eigenvalue weighted by Gasteiger charge is -2.07. The smallest absolute Gasteiger partial charge is 0.271 e. The summed E-state index contributed by atoms with van der Waals surface area (Å²) in [6.07, 6.45) is 0. The van der Waals surface area contributed by atoms with Gasteiger partial charge in [-0.05, 0) is 6.07 Å². The van der Waals surface area contributed by atoms with Gasteiger partial charge in [-0.1, -0.05) is 11.6 Å². The first-order chi connectivity index (χ1) is 8.00. The number of rotatable bonds is 5. The van der Waals surface area contributed by atoms with Gasteiger partial charge in [0.05, 0.1) is 16.5 Å². The van der Waals surface area contributed by atoms with Crippen molar-refractivity contribution in [2.75, 3.05) is 13.2 Å². The highest BCUT2D eigenvalue weighted by atomic mass is 35.5. The van der Waals surface area contributed by atoms with E-state index >= 15 is 0 Å². The molecule has 0 aliphatic carbocycles. The van der Waals surface area contributed by atoms with Gasteiger partial charge in [0.2, 0.25) is 5.91 Å². The van der Waals surface area contributed by atoms with E-state index in [0.717, 1.165) is 0 Å². The number of carbonyl (C=O) groups is 1. The van der Waals surface area contributed by atoms with Crippen molar-refractivity contribution in [2.45, 2.75) is 6.92 Å². The predicted molar refractivity (Wildman–Crippen MR) is 62.3 cm³/mol. The van der Waals surface area contributed by atoms with E-state index in [4.69, 9.17) is 16.3 Å². The highest BCUT2D eigenvalue weighted by molar-refractivity contribution is 6.32. The van der Waals surface area contributed by atoms with Crippen LogP contribution < -0.4 is 10.1 Å². The lowest BCUT2D eigenvalue weighted by molar-refractivity contribution is -0.384. The second-order valence-corrected chi connectivity index (χ2v) is 3.61. The molecule has 0 fully saturated rings. The number of nitrogens with zero attached hydrogens (tertiary/aromatic N) is 1. The quantitative estimate of drug-likeness (QED) is 0.496. The minimum Gasteiger partial charge on any atom is -0.490 e. The molecule has 0 saturated heterocycles. The Morgan fingerprint density at radius 2 is 2.29 bits per heavy atom. The maximum absolute atomic E-state index is 10.6. The van der Waals surface area contributed by atoms with Gasteiger partial charge in [-0.15, -0.1) is 0 Å². The van der Waals surface area contributed by atoms with Crippen LogP contribution in [0.15, 0.2) is 18.2 Å². The van der Waals surface area contributed by atoms with E-state index in [0.29, 0.717) is 12.3 Å². The summed E-state index contributed by atoms with van der Waals surface area (Å²) in [4.78, 5) is 20.5. The zero-order valence-electron chi connectivity index (χ0n) is 9.10. The fourth-order valence-corrected chi connectivity index (χ4v) is 1.34. The molecule has 0 atom stereocenters. The number of benzene rings is 1. The molecule has 0 heterocycles. The van der Waals surface area contributed by atoms with Gasteiger partial charge in [-0.25, -0.2) is 0 Å². The predicted octanol–water partition coefficient (Wildman–Crippen LogP) is 1.76. The van der Waals surface area contributed by atoms with Gasteiger partial charge in [-0.3, -0.25) is 14.9 Å². The van der Waals surface area contributed by atoms with Gasteiger partial charge >= 0.3 is 0 Å². The van der Waals surface area contributed by atoms with Crippen LogP contribution >= 0.6 is 11.6 Å². The zero-order chi connectivity index (χ0) is 12.8. The van der Waals surface area contributed by atoms with E-state index in [9.17, 15) is 14.9 Å². The Morgan fingerprint density at radius 3 is 2.82 bits per heavy atom. The molecule has 0 radical (unpaired) electrons. The molecule has 1 aromatic carbocycles. The molecule has 92 valence electrons. The number of nitrogens with one attached hydrogen (secondary N) is 1. The summed E-state index contributed by atoms with van der Waals surface area (Å²) in [5.41, 5.74) is -0.0933. The van der Waals surface area contributed by atoms with Crippen molar-refractivity contribution in [1.29, 1.82) is 0 Å². The van der Waals surface area contributed by atoms with Crippen LogP contribution in [0.3, 0.4) is 0 Å². The minimum absolute atomic E-state index is 0.0933. The van der Waals surface area contributed by atoms with Gasteiger partial charge in [0.15, 0.2) is 0 Å². The number of non-ortho nitro benzene ring substituents is 1. The molecular weight excluding hydrogens is 248 g/mol. The van der Waals surface area contributed by atoms with Gasteiger partial charge in [0, 0.05) is 19.1 Å². The Morgan fingerprint density at radius 1 is 1.59 bits per heavy atom. The van der Waals surface area contributed by atoms with Gasteiger partial charge < -0.3 is 10.1 Å². The van der Waals surface area contributed by atoms with Gasteiger partial charge in [0.25, 0.3) is 5.69 Å². The molecule has 17 heavy (non-hydrogen) atoms. The molecule has 7 heteroatoms. The van der Waals surface area contributed by atoms with Gasteiger partial charge in [-0.2, -0.15) is 0 Å². The van der Waals surface area contributed by atoms with Crippen molar-refractivity contribution < 1.29 is 14.5 Å². The number of ether oxygens (including phenoxy) is 1. The van der Waals surface area contributed by atoms with Crippen LogP contribution in [0.4, 0.5) is 5.69 Å². The summed E-state index contributed by atoms with van der Waals surface area (Å²) in [6, 6.07) is 3.95. The van der Waals surface area contributed by atoms with Crippen LogP contribution in [0.25, 0.3) is 0 Å². The van der Waals surface area contributed by atoms with E-state index in [-0.39, 0.29) is 23.2 Å². The first-order valence-corrected chi connectivity index (χ1v) is 5.19. The highest BCUT2D eigenvalue weighted by Crippen LogP contribution is 2.28. The number of nitro benzene ring substituents is 1. The fraction of sp³-hybridized carbons (Fsp3) is 0.300. The van der Waals surface area contributed by atoms with E-state index < -0.39 is 4.92 Å². The lowest BCUT2D eigenvalue weighted by Crippen LogP contribution is -2.25. The molecule has 0 saturated carbocycles. The number of hydrogen-bond acceptors (Lipinski definition) is 4. The van der Waals surface area contributed by atoms with E-state index in [1.807, 2.05) is 0 Å². The molecule has 1 amide bonds. The number of amides is 1. The third-order valence-electron chi connectivity index (χ3n) is 1.86. The van der Waals surface area contributed by atoms with Crippen LogP contribution in [0, 0.1) is 10.1 Å². The molecule has 0 unspecified atom stereocenters. The highest BCUT2D eigenvalue weighted by Gasteiger charge is 2.09. The summed E-state index contributed by atoms with van der Waals surface area (Å²) in [7, 11) is 0. The first kappa shape index (κ1) is 13.2. The largest absolute Gasteiger partial charge is 0.490 e. The molecule has 1 N–H and O–H groups in total. The molecule has 0 bridgehead atoms. The topological polar surface area (TPSA) is 81.5 Å². The van der Waals surface area contributed by atoms with Crippen LogP contribution in [-0.4, -0.2) is 24.0 Å². The Hall–Kier alpha value is -1.82. The molecule has 6 nitrogen and oxygen atoms in total. The third kappa shape index (κ3) is 4.28. The number of halogens is 1. The molecule has 1 aromatic rings. The van der Waals surface area contributed by atoms with Crippen molar-refractivity contribution in [3.63, 3.8) is 0 Å². The number of carbonyl (C=O) groups excluding carboxylic acids is 1. The molecular formula is C10H11ClN2O4. The van der Waals surface area contributed by atoms with Crippen molar-refractivity contribution in [3.8, 4) is 5.75 Å². The third-order valence-corrected chi connectivity index (χ3v) is 2.16. The van der Waals surface area contributed by atoms with Crippen molar-refractivity contribution in [2.24, 2.45) is 0 Å². The SMILES string of the molecule is CC(=O)NCCOc1ccc([N+](=O)[O-])cc1Cl. The maximum Gasteiger partial charge on any atom is 0.271 e. The Kier molecular flexibility index (Phi) is 4.71. The maximum atomic E-state index is 10.6. The van der Waals surface area contributed by atoms with E-state index in [1.165, 1.54) is 25.1 Å². The van der Waals surface area contributed by atoms with E-state index in [2.05, 4.69) is 5.32 Å². The number of hydrogen-bond donors (Lipinski definition) is 1. The Bertz CT molecular complexity index is 436. The number of nitro groups is 1. The monoisotopic (exact) mass is 258 g/mol. The second kappa shape index (κ2) is 6.05. The summed E-state index contributed by atoms with van der Waals surface area (Å²) < 4.78 is 5.25. The summed E-state index contributed by atoms with van der Waals surface area (Å²) in [5, 5.41) is 13.2. The van der Waals surface area contributed by atoms with Crippen LogP contribution in [0.5, 0.6) is 5.75 Å². The molecule has 0 aliphatic rings. The van der Waals surface area contributed by atoms with Crippen LogP contribution in [-0.2, 0) is 4.79 Å². The fourth-order valence-electron chi connectivity index (χ4n) is 1.11. The Labute approximate surface area is 103 Å². The van der Waals surface area contributed by atoms with Crippen molar-refractivity contribution in [3.05, 3.63) is 33.3 Å². The summed E-state index contributed by atoms with van der Waals surface area (Å²) in [5.74, 6) is 0.200. The average molecular weight is 259 g/mol. The van der Waals surface area contributed by atoms with E-state index in [1.54, 1.807) is 0 Å².